The average molecular weight is 623 g/mol. The molecular weight excluding hydrogens is 560 g/mol. The predicted molar refractivity (Wildman–Crippen MR) is 168 cm³/mol. The van der Waals surface area contributed by atoms with Crippen molar-refractivity contribution in [3.8, 4) is 0 Å². The first kappa shape index (κ1) is 34.7. The highest BCUT2D eigenvalue weighted by molar-refractivity contribution is 5.20. The average Bonchev–Trinajstić information content (AvgIpc) is 3.32. The first-order chi connectivity index (χ1) is 20.3. The normalized spacial score (nSPS) is 51.5. The zero-order valence-electron chi connectivity index (χ0n) is 28.5. The number of allylic oxidation sites excluding steroid dienone is 2. The van der Waals surface area contributed by atoms with Crippen LogP contribution < -0.4 is 0 Å². The van der Waals surface area contributed by atoms with Gasteiger partial charge in [0.15, 0.2) is 6.29 Å². The van der Waals surface area contributed by atoms with E-state index < -0.39 is 49.0 Å². The van der Waals surface area contributed by atoms with E-state index in [1.807, 2.05) is 6.92 Å². The zero-order chi connectivity index (χ0) is 32.6. The Hall–Kier alpha value is -0.580. The molecule has 0 unspecified atom stereocenters. The van der Waals surface area contributed by atoms with Crippen molar-refractivity contribution >= 4 is 0 Å². The fourth-order valence-corrected chi connectivity index (χ4v) is 11.9. The summed E-state index contributed by atoms with van der Waals surface area (Å²) in [5.41, 5.74) is 0.122. The van der Waals surface area contributed by atoms with E-state index in [9.17, 15) is 30.6 Å². The van der Waals surface area contributed by atoms with Crippen molar-refractivity contribution in [1.29, 1.82) is 0 Å². The summed E-state index contributed by atoms with van der Waals surface area (Å²) in [7, 11) is 0. The highest BCUT2D eigenvalue weighted by atomic mass is 16.7. The molecule has 5 fully saturated rings. The number of hydrogen-bond acceptors (Lipinski definition) is 8. The molecule has 6 N–H and O–H groups in total. The van der Waals surface area contributed by atoms with Gasteiger partial charge in [0.05, 0.1) is 24.4 Å². The van der Waals surface area contributed by atoms with E-state index in [1.54, 1.807) is 0 Å². The quantitative estimate of drug-likeness (QED) is 0.182. The van der Waals surface area contributed by atoms with Gasteiger partial charge in [-0.1, -0.05) is 46.3 Å². The Morgan fingerprint density at radius 1 is 0.886 bits per heavy atom. The van der Waals surface area contributed by atoms with Crippen LogP contribution in [0.3, 0.4) is 0 Å². The minimum absolute atomic E-state index is 0.0231. The maximum Gasteiger partial charge on any atom is 0.186 e. The van der Waals surface area contributed by atoms with Crippen molar-refractivity contribution in [1.82, 2.24) is 0 Å². The summed E-state index contributed by atoms with van der Waals surface area (Å²) in [6.45, 7) is 17.5. The molecule has 0 aromatic heterocycles. The molecule has 254 valence electrons. The fourth-order valence-electron chi connectivity index (χ4n) is 11.9. The Kier molecular flexibility index (Phi) is 9.35. The second-order valence-electron chi connectivity index (χ2n) is 17.3. The molecule has 44 heavy (non-hydrogen) atoms. The predicted octanol–water partition coefficient (Wildman–Crippen LogP) is 4.32. The van der Waals surface area contributed by atoms with Crippen molar-refractivity contribution in [2.75, 3.05) is 6.61 Å². The van der Waals surface area contributed by atoms with Gasteiger partial charge in [0.1, 0.15) is 24.4 Å². The van der Waals surface area contributed by atoms with E-state index in [1.165, 1.54) is 5.57 Å². The third kappa shape index (κ3) is 5.26. The zero-order valence-corrected chi connectivity index (χ0v) is 28.5. The summed E-state index contributed by atoms with van der Waals surface area (Å²) in [6.07, 6.45) is 3.15. The summed E-state index contributed by atoms with van der Waals surface area (Å²) < 4.78 is 12.2. The van der Waals surface area contributed by atoms with Crippen molar-refractivity contribution in [2.45, 2.75) is 162 Å². The van der Waals surface area contributed by atoms with E-state index in [-0.39, 0.29) is 39.6 Å². The van der Waals surface area contributed by atoms with Crippen LogP contribution in [0.15, 0.2) is 11.6 Å². The van der Waals surface area contributed by atoms with Crippen molar-refractivity contribution in [3.05, 3.63) is 11.6 Å². The molecule has 0 radical (unpaired) electrons. The maximum absolute atomic E-state index is 12.0. The molecule has 0 aromatic rings. The molecule has 1 saturated heterocycles. The summed E-state index contributed by atoms with van der Waals surface area (Å²) in [5.74, 6) is 0.792. The lowest BCUT2D eigenvalue weighted by Gasteiger charge is -2.70. The van der Waals surface area contributed by atoms with Crippen LogP contribution in [0, 0.1) is 45.3 Å². The van der Waals surface area contributed by atoms with Crippen molar-refractivity contribution < 1.29 is 40.1 Å². The SMILES string of the molecule is CC(C)=CCC[C@@](C)(O)[C@@H]1CC[C@@]2(C)[C@H]1[C@H](O)C[C@H]1[C@]3(C)CC[C@@H](O[C@H]4O[C@@H](CO)[C@H](O)[C@@H](O)[C@@H]4O)C(C)(C)[C@@H]3CC[C@]12C. The van der Waals surface area contributed by atoms with Gasteiger partial charge < -0.3 is 40.1 Å². The maximum atomic E-state index is 12.0. The first-order valence-corrected chi connectivity index (χ1v) is 17.3. The van der Waals surface area contributed by atoms with Crippen LogP contribution in [0.5, 0.6) is 0 Å². The summed E-state index contributed by atoms with van der Waals surface area (Å²) in [6, 6.07) is 0. The Morgan fingerprint density at radius 3 is 2.18 bits per heavy atom. The second-order valence-corrected chi connectivity index (χ2v) is 17.3. The molecule has 0 amide bonds. The highest BCUT2D eigenvalue weighted by Crippen LogP contribution is 2.76. The van der Waals surface area contributed by atoms with Crippen LogP contribution in [0.2, 0.25) is 0 Å². The van der Waals surface area contributed by atoms with Crippen molar-refractivity contribution in [3.63, 3.8) is 0 Å². The van der Waals surface area contributed by atoms with Crippen LogP contribution in [0.4, 0.5) is 0 Å². The molecular formula is C36H62O8. The number of hydrogen-bond donors (Lipinski definition) is 6. The van der Waals surface area contributed by atoms with E-state index in [0.717, 1.165) is 51.4 Å². The molecule has 0 spiro atoms. The summed E-state index contributed by atoms with van der Waals surface area (Å²) in [5, 5.41) is 64.8. The number of fused-ring (bicyclic) bond motifs is 5. The van der Waals surface area contributed by atoms with Gasteiger partial charge in [-0.3, -0.25) is 0 Å². The lowest BCUT2D eigenvalue weighted by atomic mass is 9.35. The largest absolute Gasteiger partial charge is 0.394 e. The van der Waals surface area contributed by atoms with Gasteiger partial charge in [0.2, 0.25) is 0 Å². The second kappa shape index (κ2) is 11.8. The molecule has 0 bridgehead atoms. The lowest BCUT2D eigenvalue weighted by molar-refractivity contribution is -0.332. The van der Waals surface area contributed by atoms with Gasteiger partial charge in [0.25, 0.3) is 0 Å². The molecule has 5 rings (SSSR count). The van der Waals surface area contributed by atoms with Gasteiger partial charge in [-0.15, -0.1) is 0 Å². The van der Waals surface area contributed by atoms with Gasteiger partial charge in [0, 0.05) is 0 Å². The molecule has 4 saturated carbocycles. The van der Waals surface area contributed by atoms with E-state index in [0.29, 0.717) is 18.3 Å². The minimum Gasteiger partial charge on any atom is -0.394 e. The third-order valence-corrected chi connectivity index (χ3v) is 14.5. The lowest BCUT2D eigenvalue weighted by Crippen LogP contribution is -2.67. The van der Waals surface area contributed by atoms with Gasteiger partial charge in [-0.2, -0.15) is 0 Å². The Morgan fingerprint density at radius 2 is 1.55 bits per heavy atom. The molecule has 1 aliphatic heterocycles. The van der Waals surface area contributed by atoms with Crippen LogP contribution >= 0.6 is 0 Å². The van der Waals surface area contributed by atoms with E-state index in [2.05, 4.69) is 54.5 Å². The van der Waals surface area contributed by atoms with Gasteiger partial charge in [-0.05, 0) is 124 Å². The summed E-state index contributed by atoms with van der Waals surface area (Å²) in [4.78, 5) is 0. The van der Waals surface area contributed by atoms with Crippen LogP contribution in [-0.2, 0) is 9.47 Å². The van der Waals surface area contributed by atoms with E-state index in [4.69, 9.17) is 9.47 Å². The molecule has 5 aliphatic rings. The van der Waals surface area contributed by atoms with Gasteiger partial charge >= 0.3 is 0 Å². The first-order valence-electron chi connectivity index (χ1n) is 17.3. The molecule has 8 heteroatoms. The fraction of sp³-hybridized carbons (Fsp3) is 0.944. The Labute approximate surface area is 265 Å². The van der Waals surface area contributed by atoms with Crippen LogP contribution in [-0.4, -0.2) is 85.8 Å². The number of rotatable bonds is 7. The molecule has 8 nitrogen and oxygen atoms in total. The van der Waals surface area contributed by atoms with E-state index >= 15 is 0 Å². The van der Waals surface area contributed by atoms with Gasteiger partial charge in [-0.25, -0.2) is 0 Å². The molecule has 1 heterocycles. The third-order valence-electron chi connectivity index (χ3n) is 14.5. The monoisotopic (exact) mass is 622 g/mol. The Balaban J connectivity index is 1.37. The number of aliphatic hydroxyl groups excluding tert-OH is 5. The molecule has 0 aromatic carbocycles. The molecule has 15 atom stereocenters. The van der Waals surface area contributed by atoms with Crippen LogP contribution in [0.1, 0.15) is 113 Å². The molecule has 4 aliphatic carbocycles. The highest BCUT2D eigenvalue weighted by Gasteiger charge is 2.71. The Bertz CT molecular complexity index is 1070. The van der Waals surface area contributed by atoms with Crippen molar-refractivity contribution in [2.24, 2.45) is 45.3 Å². The van der Waals surface area contributed by atoms with Crippen LogP contribution in [0.25, 0.3) is 0 Å². The summed E-state index contributed by atoms with van der Waals surface area (Å²) >= 11 is 0. The topological polar surface area (TPSA) is 140 Å². The standard InChI is InChI=1S/C36H62O8/c1-20(2)10-9-14-36(8,42)21-11-16-35(7)27(21)22(38)18-25-33(5)15-13-26(32(3,4)24(33)12-17-34(25,35)6)44-31-30(41)29(40)28(39)23(19-37)43-31/h10,21-31,37-42H,9,11-19H2,1-8H3/t21-,22-,23+,24+,25+,26-,27-,28+,29-,30+,31-,33-,34-,35+,36-/m1/s1. The number of aliphatic hydroxyl groups is 6. The minimum atomic E-state index is -1.46. The number of ether oxygens (including phenoxy) is 2. The smallest absolute Gasteiger partial charge is 0.186 e.